The van der Waals surface area contributed by atoms with Gasteiger partial charge < -0.3 is 4.74 Å². The molecule has 1 N–H and O–H groups in total. The fraction of sp³-hybridized carbons (Fsp3) is 0.333. The van der Waals surface area contributed by atoms with Gasteiger partial charge >= 0.3 is 5.97 Å². The summed E-state index contributed by atoms with van der Waals surface area (Å²) in [6, 6.07) is 5.09. The molecule has 7 heteroatoms. The number of carbonyl (C=O) groups excluding carboxylic acids is 1. The van der Waals surface area contributed by atoms with Crippen LogP contribution < -0.4 is 4.72 Å². The Morgan fingerprint density at radius 1 is 1.47 bits per heavy atom. The number of carbonyl (C=O) groups is 1. The van der Waals surface area contributed by atoms with Crippen molar-refractivity contribution in [3.05, 3.63) is 29.3 Å². The quantitative estimate of drug-likeness (QED) is 0.820. The number of nitriles is 1. The summed E-state index contributed by atoms with van der Waals surface area (Å²) in [6.07, 6.45) is 0. The molecule has 102 valence electrons. The highest BCUT2D eigenvalue weighted by Gasteiger charge is 2.22. The van der Waals surface area contributed by atoms with E-state index in [1.54, 1.807) is 6.92 Å². The Morgan fingerprint density at radius 2 is 2.11 bits per heavy atom. The topological polar surface area (TPSA) is 96.3 Å². The van der Waals surface area contributed by atoms with Gasteiger partial charge in [0.2, 0.25) is 10.0 Å². The van der Waals surface area contributed by atoms with E-state index in [2.05, 4.69) is 9.46 Å². The summed E-state index contributed by atoms with van der Waals surface area (Å²) in [6.45, 7) is 3.03. The molecule has 19 heavy (non-hydrogen) atoms. The number of rotatable bonds is 4. The largest absolute Gasteiger partial charge is 0.468 e. The zero-order valence-electron chi connectivity index (χ0n) is 10.8. The molecule has 0 aromatic heterocycles. The van der Waals surface area contributed by atoms with Crippen LogP contribution in [0.1, 0.15) is 18.1 Å². The molecule has 0 saturated heterocycles. The van der Waals surface area contributed by atoms with E-state index in [0.29, 0.717) is 11.1 Å². The van der Waals surface area contributed by atoms with Gasteiger partial charge in [-0.2, -0.15) is 9.98 Å². The summed E-state index contributed by atoms with van der Waals surface area (Å²) >= 11 is 0. The number of hydrogen-bond donors (Lipinski definition) is 1. The highest BCUT2D eigenvalue weighted by atomic mass is 32.2. The van der Waals surface area contributed by atoms with Gasteiger partial charge in [0.05, 0.1) is 23.6 Å². The summed E-state index contributed by atoms with van der Waals surface area (Å²) in [7, 11) is -2.64. The Bertz CT molecular complexity index is 632. The van der Waals surface area contributed by atoms with E-state index in [1.807, 2.05) is 6.07 Å². The monoisotopic (exact) mass is 282 g/mol. The minimum atomic E-state index is -3.82. The molecule has 0 fully saturated rings. The molecule has 0 heterocycles. The average Bonchev–Trinajstić information content (AvgIpc) is 2.37. The molecule has 0 aliphatic carbocycles. The Balaban J connectivity index is 3.05. The number of ether oxygens (including phenoxy) is 1. The van der Waals surface area contributed by atoms with Gasteiger partial charge in [-0.05, 0) is 37.6 Å². The number of sulfonamides is 1. The number of nitrogens with one attached hydrogen (secondary N) is 1. The number of benzene rings is 1. The normalized spacial score (nSPS) is 12.5. The third-order valence-electron chi connectivity index (χ3n) is 2.52. The molecule has 1 unspecified atom stereocenters. The molecule has 0 aliphatic heterocycles. The van der Waals surface area contributed by atoms with Gasteiger partial charge in [-0.15, -0.1) is 0 Å². The summed E-state index contributed by atoms with van der Waals surface area (Å²) in [5, 5.41) is 8.79. The molecular weight excluding hydrogens is 268 g/mol. The zero-order chi connectivity index (χ0) is 14.6. The first-order valence-corrected chi connectivity index (χ1v) is 6.91. The molecule has 0 radical (unpaired) electrons. The van der Waals surface area contributed by atoms with Gasteiger partial charge in [0.15, 0.2) is 0 Å². The highest BCUT2D eigenvalue weighted by Crippen LogP contribution is 2.15. The zero-order valence-corrected chi connectivity index (χ0v) is 11.6. The Kier molecular flexibility index (Phi) is 4.64. The van der Waals surface area contributed by atoms with Crippen LogP contribution in [0.4, 0.5) is 0 Å². The molecule has 0 spiro atoms. The minimum absolute atomic E-state index is 0.000229. The molecule has 6 nitrogen and oxygen atoms in total. The van der Waals surface area contributed by atoms with Crippen LogP contribution in [-0.2, 0) is 19.6 Å². The van der Waals surface area contributed by atoms with E-state index in [0.717, 1.165) is 0 Å². The first kappa shape index (κ1) is 15.1. The Morgan fingerprint density at radius 3 is 2.58 bits per heavy atom. The second-order valence-corrected chi connectivity index (χ2v) is 5.67. The van der Waals surface area contributed by atoms with Crippen molar-refractivity contribution in [2.45, 2.75) is 24.8 Å². The third-order valence-corrected chi connectivity index (χ3v) is 4.05. The van der Waals surface area contributed by atoms with Gasteiger partial charge in [0.25, 0.3) is 0 Å². The summed E-state index contributed by atoms with van der Waals surface area (Å²) < 4.78 is 30.7. The van der Waals surface area contributed by atoms with Crippen molar-refractivity contribution >= 4 is 16.0 Å². The molecule has 0 saturated carbocycles. The first-order chi connectivity index (χ1) is 8.81. The predicted octanol–water partition coefficient (Wildman–Crippen LogP) is 0.706. The maximum absolute atomic E-state index is 12.0. The van der Waals surface area contributed by atoms with Gasteiger partial charge in [0.1, 0.15) is 6.04 Å². The van der Waals surface area contributed by atoms with E-state index in [-0.39, 0.29) is 4.90 Å². The van der Waals surface area contributed by atoms with Crippen LogP contribution in [0.2, 0.25) is 0 Å². The van der Waals surface area contributed by atoms with Crippen LogP contribution in [0.3, 0.4) is 0 Å². The first-order valence-electron chi connectivity index (χ1n) is 5.42. The second-order valence-electron chi connectivity index (χ2n) is 3.95. The molecule has 1 aromatic carbocycles. The second kappa shape index (κ2) is 5.82. The van der Waals surface area contributed by atoms with Crippen LogP contribution in [-0.4, -0.2) is 27.5 Å². The molecule has 1 aromatic rings. The van der Waals surface area contributed by atoms with Gasteiger partial charge in [-0.3, -0.25) is 4.79 Å². The van der Waals surface area contributed by atoms with Crippen LogP contribution in [0.5, 0.6) is 0 Å². The Hall–Kier alpha value is -1.91. The van der Waals surface area contributed by atoms with Crippen LogP contribution in [0.15, 0.2) is 23.1 Å². The van der Waals surface area contributed by atoms with E-state index < -0.39 is 22.0 Å². The van der Waals surface area contributed by atoms with E-state index in [4.69, 9.17) is 5.26 Å². The SMILES string of the molecule is COC(=O)C(C)NS(=O)(=O)c1ccc(C#N)c(C)c1. The van der Waals surface area contributed by atoms with Crippen molar-refractivity contribution in [2.75, 3.05) is 7.11 Å². The van der Waals surface area contributed by atoms with Crippen molar-refractivity contribution < 1.29 is 17.9 Å². The fourth-order valence-corrected chi connectivity index (χ4v) is 2.73. The van der Waals surface area contributed by atoms with E-state index >= 15 is 0 Å². The Labute approximate surface area is 112 Å². The molecule has 0 aliphatic rings. The lowest BCUT2D eigenvalue weighted by Crippen LogP contribution is -2.39. The molecule has 1 rings (SSSR count). The summed E-state index contributed by atoms with van der Waals surface area (Å²) in [5.41, 5.74) is 0.955. The summed E-state index contributed by atoms with van der Waals surface area (Å²) in [5.74, 6) is -0.672. The lowest BCUT2D eigenvalue weighted by atomic mass is 10.1. The molecule has 0 bridgehead atoms. The lowest BCUT2D eigenvalue weighted by Gasteiger charge is -2.12. The summed E-state index contributed by atoms with van der Waals surface area (Å²) in [4.78, 5) is 11.2. The molecule has 1 atom stereocenters. The number of hydrogen-bond acceptors (Lipinski definition) is 5. The third kappa shape index (κ3) is 3.53. The molecular formula is C12H14N2O4S. The van der Waals surface area contributed by atoms with Gasteiger partial charge in [0, 0.05) is 0 Å². The van der Waals surface area contributed by atoms with Gasteiger partial charge in [-0.1, -0.05) is 0 Å². The standard InChI is InChI=1S/C12H14N2O4S/c1-8-6-11(5-4-10(8)7-13)19(16,17)14-9(2)12(15)18-3/h4-6,9,14H,1-3H3. The van der Waals surface area contributed by atoms with E-state index in [1.165, 1.54) is 32.2 Å². The molecule has 0 amide bonds. The smallest absolute Gasteiger partial charge is 0.323 e. The fourth-order valence-electron chi connectivity index (χ4n) is 1.45. The van der Waals surface area contributed by atoms with Crippen molar-refractivity contribution in [1.29, 1.82) is 5.26 Å². The van der Waals surface area contributed by atoms with Crippen molar-refractivity contribution in [1.82, 2.24) is 4.72 Å². The predicted molar refractivity (Wildman–Crippen MR) is 67.7 cm³/mol. The van der Waals surface area contributed by atoms with Crippen molar-refractivity contribution in [3.8, 4) is 6.07 Å². The van der Waals surface area contributed by atoms with Crippen LogP contribution >= 0.6 is 0 Å². The lowest BCUT2D eigenvalue weighted by molar-refractivity contribution is -0.142. The number of aryl methyl sites for hydroxylation is 1. The van der Waals surface area contributed by atoms with Crippen molar-refractivity contribution in [3.63, 3.8) is 0 Å². The number of methoxy groups -OCH3 is 1. The minimum Gasteiger partial charge on any atom is -0.468 e. The van der Waals surface area contributed by atoms with Gasteiger partial charge in [-0.25, -0.2) is 8.42 Å². The maximum atomic E-state index is 12.0. The van der Waals surface area contributed by atoms with Crippen LogP contribution in [0.25, 0.3) is 0 Å². The number of nitrogens with zero attached hydrogens (tertiary/aromatic N) is 1. The average molecular weight is 282 g/mol. The van der Waals surface area contributed by atoms with E-state index in [9.17, 15) is 13.2 Å². The highest BCUT2D eigenvalue weighted by molar-refractivity contribution is 7.89. The maximum Gasteiger partial charge on any atom is 0.323 e. The van der Waals surface area contributed by atoms with Crippen molar-refractivity contribution in [2.24, 2.45) is 0 Å². The van der Waals surface area contributed by atoms with Crippen LogP contribution in [0, 0.1) is 18.3 Å². The number of esters is 1.